The molecule has 12 rings (SSSR count). The van der Waals surface area contributed by atoms with Crippen LogP contribution in [0.3, 0.4) is 0 Å². The second-order valence-corrected chi connectivity index (χ2v) is 18.8. The third-order valence-corrected chi connectivity index (χ3v) is 14.4. The quantitative estimate of drug-likeness (QED) is 0.143. The van der Waals surface area contributed by atoms with Gasteiger partial charge in [-0.1, -0.05) is 190 Å². The molecular weight excluding hydrogens is 841 g/mol. The molecule has 2 aromatic heterocycles. The van der Waals surface area contributed by atoms with E-state index in [4.69, 9.17) is 15.0 Å². The predicted molar refractivity (Wildman–Crippen MR) is 283 cm³/mol. The Hall–Kier alpha value is -8.54. The molecule has 330 valence electrons. The van der Waals surface area contributed by atoms with Crippen LogP contribution in [0, 0.1) is 20.8 Å². The average molecular weight is 889 g/mol. The molecule has 1 aliphatic carbocycles. The standard InChI is InChI=1S/C64H48N4O/c1-39-57(42-21-10-6-11-22-42)40(2)59(41(3)58(39)43-23-12-7-13-24-43)46-29-20-30-48(35-46)62-65-61(45-27-16-9-17-28-45)66-63(67-62)68-55-36-47(60(69)44-25-14-8-15-26-44)33-34-50(55)52-37-51-49-31-18-19-32-53(49)64(4,5)54(51)38-56(52)68/h6-38H,1-5H3. The molecule has 0 N–H and O–H groups in total. The fourth-order valence-corrected chi connectivity index (χ4v) is 11.2. The number of hydrogen-bond donors (Lipinski definition) is 0. The van der Waals surface area contributed by atoms with Crippen molar-refractivity contribution in [1.29, 1.82) is 0 Å². The van der Waals surface area contributed by atoms with E-state index in [9.17, 15) is 4.79 Å². The molecule has 0 amide bonds. The van der Waals surface area contributed by atoms with Gasteiger partial charge in [-0.05, 0) is 117 Å². The highest BCUT2D eigenvalue weighted by molar-refractivity contribution is 6.15. The molecule has 5 nitrogen and oxygen atoms in total. The van der Waals surface area contributed by atoms with E-state index in [1.165, 1.54) is 66.8 Å². The molecule has 0 radical (unpaired) electrons. The number of carbonyl (C=O) groups is 1. The van der Waals surface area contributed by atoms with Crippen LogP contribution >= 0.6 is 0 Å². The van der Waals surface area contributed by atoms with Crippen molar-refractivity contribution in [1.82, 2.24) is 19.5 Å². The molecular formula is C64H48N4O. The largest absolute Gasteiger partial charge is 0.289 e. The second kappa shape index (κ2) is 16.4. The molecule has 0 saturated carbocycles. The summed E-state index contributed by atoms with van der Waals surface area (Å²) in [6.45, 7) is 11.4. The number of benzene rings is 9. The number of aromatic nitrogens is 4. The average Bonchev–Trinajstić information content (AvgIpc) is 3.83. The lowest BCUT2D eigenvalue weighted by Gasteiger charge is -2.23. The molecule has 1 aliphatic rings. The van der Waals surface area contributed by atoms with Gasteiger partial charge in [0.05, 0.1) is 11.0 Å². The molecule has 0 unspecified atom stereocenters. The summed E-state index contributed by atoms with van der Waals surface area (Å²) in [4.78, 5) is 30.2. The van der Waals surface area contributed by atoms with Crippen LogP contribution in [-0.4, -0.2) is 25.3 Å². The minimum Gasteiger partial charge on any atom is -0.289 e. The summed E-state index contributed by atoms with van der Waals surface area (Å²) in [5.74, 6) is 1.54. The van der Waals surface area contributed by atoms with Gasteiger partial charge in [0.15, 0.2) is 17.4 Å². The zero-order valence-corrected chi connectivity index (χ0v) is 39.2. The zero-order valence-electron chi connectivity index (χ0n) is 39.2. The summed E-state index contributed by atoms with van der Waals surface area (Å²) in [6, 6.07) is 69.2. The molecule has 0 spiro atoms. The van der Waals surface area contributed by atoms with Gasteiger partial charge >= 0.3 is 0 Å². The van der Waals surface area contributed by atoms with Crippen molar-refractivity contribution in [2.45, 2.75) is 40.0 Å². The van der Waals surface area contributed by atoms with Crippen molar-refractivity contribution in [3.05, 3.63) is 239 Å². The van der Waals surface area contributed by atoms with E-state index < -0.39 is 0 Å². The molecule has 9 aromatic carbocycles. The summed E-state index contributed by atoms with van der Waals surface area (Å²) >= 11 is 0. The van der Waals surface area contributed by atoms with Gasteiger partial charge in [-0.15, -0.1) is 0 Å². The summed E-state index contributed by atoms with van der Waals surface area (Å²) in [7, 11) is 0. The van der Waals surface area contributed by atoms with Crippen molar-refractivity contribution >= 4 is 27.6 Å². The van der Waals surface area contributed by atoms with Crippen LogP contribution in [0.4, 0.5) is 0 Å². The number of hydrogen-bond acceptors (Lipinski definition) is 4. The van der Waals surface area contributed by atoms with E-state index in [2.05, 4.69) is 167 Å². The first-order chi connectivity index (χ1) is 33.7. The topological polar surface area (TPSA) is 60.7 Å². The highest BCUT2D eigenvalue weighted by Crippen LogP contribution is 2.51. The van der Waals surface area contributed by atoms with Crippen molar-refractivity contribution in [3.8, 4) is 73.2 Å². The minimum atomic E-state index is -0.247. The van der Waals surface area contributed by atoms with Crippen LogP contribution in [0.15, 0.2) is 200 Å². The van der Waals surface area contributed by atoms with E-state index in [0.717, 1.165) is 38.5 Å². The fraction of sp³-hybridized carbons (Fsp3) is 0.0938. The highest BCUT2D eigenvalue weighted by atomic mass is 16.1. The minimum absolute atomic E-state index is 0.0440. The number of carbonyl (C=O) groups excluding carboxylic acids is 1. The van der Waals surface area contributed by atoms with Gasteiger partial charge in [-0.2, -0.15) is 9.97 Å². The molecule has 5 heteroatoms. The third-order valence-electron chi connectivity index (χ3n) is 14.4. The van der Waals surface area contributed by atoms with Crippen molar-refractivity contribution in [3.63, 3.8) is 0 Å². The van der Waals surface area contributed by atoms with Crippen LogP contribution in [-0.2, 0) is 5.41 Å². The zero-order chi connectivity index (χ0) is 47.0. The van der Waals surface area contributed by atoms with Crippen LogP contribution in [0.1, 0.15) is 57.6 Å². The summed E-state index contributed by atoms with van der Waals surface area (Å²) < 4.78 is 2.15. The fourth-order valence-electron chi connectivity index (χ4n) is 11.2. The smallest absolute Gasteiger partial charge is 0.238 e. The lowest BCUT2D eigenvalue weighted by Crippen LogP contribution is -2.15. The summed E-state index contributed by atoms with van der Waals surface area (Å²) in [5.41, 5.74) is 20.4. The SMILES string of the molecule is Cc1c(-c2ccccc2)c(C)c(-c2cccc(-c3nc(-c4ccccc4)nc(-n4c5cc(C(=O)c6ccccc6)ccc5c5cc6c(cc54)C(C)(C)c4ccccc4-6)n3)c2)c(C)c1-c1ccccc1. The van der Waals surface area contributed by atoms with E-state index >= 15 is 0 Å². The van der Waals surface area contributed by atoms with Gasteiger partial charge in [0.1, 0.15) is 0 Å². The molecule has 11 aromatic rings. The van der Waals surface area contributed by atoms with E-state index in [1.54, 1.807) is 0 Å². The lowest BCUT2D eigenvalue weighted by atomic mass is 9.80. The van der Waals surface area contributed by atoms with Gasteiger partial charge in [-0.25, -0.2) is 4.98 Å². The monoisotopic (exact) mass is 888 g/mol. The predicted octanol–water partition coefficient (Wildman–Crippen LogP) is 15.8. The molecule has 0 atom stereocenters. The van der Waals surface area contributed by atoms with Gasteiger partial charge in [0.2, 0.25) is 5.95 Å². The maximum Gasteiger partial charge on any atom is 0.238 e. The van der Waals surface area contributed by atoms with E-state index in [0.29, 0.717) is 28.7 Å². The molecule has 2 heterocycles. The highest BCUT2D eigenvalue weighted by Gasteiger charge is 2.36. The van der Waals surface area contributed by atoms with Gasteiger partial charge in [-0.3, -0.25) is 9.36 Å². The van der Waals surface area contributed by atoms with Crippen molar-refractivity contribution in [2.75, 3.05) is 0 Å². The number of ketones is 1. The van der Waals surface area contributed by atoms with Gasteiger partial charge in [0.25, 0.3) is 0 Å². The normalized spacial score (nSPS) is 12.6. The molecule has 0 saturated heterocycles. The molecule has 0 aliphatic heterocycles. The first-order valence-corrected chi connectivity index (χ1v) is 23.7. The Balaban J connectivity index is 1.11. The van der Waals surface area contributed by atoms with Crippen LogP contribution in [0.2, 0.25) is 0 Å². The Morgan fingerprint density at radius 3 is 1.55 bits per heavy atom. The Morgan fingerprint density at radius 2 is 0.913 bits per heavy atom. The maximum atomic E-state index is 14.2. The molecule has 0 fully saturated rings. The van der Waals surface area contributed by atoms with Gasteiger partial charge in [0, 0.05) is 38.4 Å². The number of fused-ring (bicyclic) bond motifs is 6. The Labute approximate surface area is 402 Å². The Morgan fingerprint density at radius 1 is 0.406 bits per heavy atom. The Bertz CT molecular complexity index is 3770. The summed E-state index contributed by atoms with van der Waals surface area (Å²) in [6.07, 6.45) is 0. The molecule has 69 heavy (non-hydrogen) atoms. The second-order valence-electron chi connectivity index (χ2n) is 18.8. The van der Waals surface area contributed by atoms with Crippen LogP contribution in [0.5, 0.6) is 0 Å². The van der Waals surface area contributed by atoms with Crippen LogP contribution < -0.4 is 0 Å². The first-order valence-electron chi connectivity index (χ1n) is 23.7. The van der Waals surface area contributed by atoms with Crippen LogP contribution in [0.25, 0.3) is 95.0 Å². The number of rotatable bonds is 8. The van der Waals surface area contributed by atoms with Crippen molar-refractivity contribution in [2.24, 2.45) is 0 Å². The molecule has 0 bridgehead atoms. The Kier molecular flexibility index (Phi) is 9.92. The third kappa shape index (κ3) is 6.84. The van der Waals surface area contributed by atoms with Gasteiger partial charge < -0.3 is 0 Å². The summed E-state index contributed by atoms with van der Waals surface area (Å²) in [5, 5.41) is 2.08. The van der Waals surface area contributed by atoms with Crippen molar-refractivity contribution < 1.29 is 4.79 Å². The lowest BCUT2D eigenvalue weighted by molar-refractivity contribution is 0.103. The first kappa shape index (κ1) is 41.9. The van der Waals surface area contributed by atoms with E-state index in [-0.39, 0.29) is 11.2 Å². The number of nitrogens with zero attached hydrogens (tertiary/aromatic N) is 4. The maximum absolute atomic E-state index is 14.2. The van der Waals surface area contributed by atoms with E-state index in [1.807, 2.05) is 72.8 Å².